The van der Waals surface area contributed by atoms with Gasteiger partial charge in [0.25, 0.3) is 0 Å². The Bertz CT molecular complexity index is 1030. The highest BCUT2D eigenvalue weighted by molar-refractivity contribution is 6.15. The fraction of sp³-hybridized carbons (Fsp3) is 0.167. The molecule has 3 heteroatoms. The summed E-state index contributed by atoms with van der Waals surface area (Å²) >= 11 is 0. The summed E-state index contributed by atoms with van der Waals surface area (Å²) in [7, 11) is 0. The first-order chi connectivity index (χ1) is 13.2. The Labute approximate surface area is 157 Å². The van der Waals surface area contributed by atoms with Gasteiger partial charge in [-0.1, -0.05) is 78.9 Å². The van der Waals surface area contributed by atoms with E-state index in [4.69, 9.17) is 4.74 Å². The van der Waals surface area contributed by atoms with Crippen LogP contribution in [0.3, 0.4) is 0 Å². The summed E-state index contributed by atoms with van der Waals surface area (Å²) in [6, 6.07) is 26.8. The Hall–Kier alpha value is -3.20. The zero-order valence-electron chi connectivity index (χ0n) is 14.7. The molecule has 1 fully saturated rings. The number of esters is 1. The van der Waals surface area contributed by atoms with Crippen LogP contribution in [0.1, 0.15) is 39.7 Å². The summed E-state index contributed by atoms with van der Waals surface area (Å²) in [6.45, 7) is 0. The summed E-state index contributed by atoms with van der Waals surface area (Å²) in [5.74, 6) is -0.0745. The first-order valence-electron chi connectivity index (χ1n) is 9.18. The van der Waals surface area contributed by atoms with E-state index in [1.165, 1.54) is 0 Å². The van der Waals surface area contributed by atoms with Gasteiger partial charge < -0.3 is 4.74 Å². The molecule has 0 radical (unpaired) electrons. The van der Waals surface area contributed by atoms with E-state index in [1.807, 2.05) is 60.7 Å². The molecule has 0 amide bonds. The van der Waals surface area contributed by atoms with Crippen molar-refractivity contribution in [1.29, 1.82) is 0 Å². The van der Waals surface area contributed by atoms with Crippen LogP contribution in [0, 0.1) is 5.41 Å². The molecule has 3 aromatic carbocycles. The number of para-hydroxylation sites is 1. The van der Waals surface area contributed by atoms with Crippen LogP contribution in [0.5, 0.6) is 5.75 Å². The molecular weight excluding hydrogens is 336 g/mol. The van der Waals surface area contributed by atoms with Crippen molar-refractivity contribution >= 4 is 11.8 Å². The van der Waals surface area contributed by atoms with Crippen molar-refractivity contribution in [3.8, 4) is 5.75 Å². The molecule has 2 aliphatic rings. The van der Waals surface area contributed by atoms with Crippen molar-refractivity contribution in [3.05, 3.63) is 102 Å². The lowest BCUT2D eigenvalue weighted by Crippen LogP contribution is -2.59. The lowest BCUT2D eigenvalue weighted by Gasteiger charge is -2.54. The first kappa shape index (κ1) is 16.0. The molecule has 3 atom stereocenters. The largest absolute Gasteiger partial charge is 0.425 e. The van der Waals surface area contributed by atoms with Crippen molar-refractivity contribution in [2.75, 3.05) is 0 Å². The molecule has 3 aromatic rings. The molecule has 0 bridgehead atoms. The number of rotatable bonds is 3. The van der Waals surface area contributed by atoms with Crippen molar-refractivity contribution in [2.45, 2.75) is 18.3 Å². The normalized spacial score (nSPS) is 25.6. The molecule has 0 spiro atoms. The lowest BCUT2D eigenvalue weighted by atomic mass is 9.47. The van der Waals surface area contributed by atoms with Crippen molar-refractivity contribution < 1.29 is 14.3 Å². The van der Waals surface area contributed by atoms with Gasteiger partial charge in [-0.05, 0) is 24.0 Å². The molecule has 0 aromatic heterocycles. The van der Waals surface area contributed by atoms with Gasteiger partial charge >= 0.3 is 5.97 Å². The summed E-state index contributed by atoms with van der Waals surface area (Å²) in [5, 5.41) is 0. The van der Waals surface area contributed by atoms with Crippen LogP contribution in [0.25, 0.3) is 0 Å². The minimum absolute atomic E-state index is 0.118. The summed E-state index contributed by atoms with van der Waals surface area (Å²) in [6.07, 6.45) is 0.475. The SMILES string of the molecule is O=C1Oc2ccccc2[C@H]2[C@H](c3ccccc3)C[C@@]12C(=O)c1ccccc1. The molecule has 1 aliphatic heterocycles. The quantitative estimate of drug-likeness (QED) is 0.295. The average Bonchev–Trinajstić information content (AvgIpc) is 2.70. The third-order valence-electron chi connectivity index (χ3n) is 5.97. The number of ketones is 1. The number of hydrogen-bond acceptors (Lipinski definition) is 3. The Morgan fingerprint density at radius 3 is 2.22 bits per heavy atom. The van der Waals surface area contributed by atoms with E-state index < -0.39 is 11.4 Å². The van der Waals surface area contributed by atoms with Gasteiger partial charge in [0, 0.05) is 17.0 Å². The highest BCUT2D eigenvalue weighted by Gasteiger charge is 2.67. The zero-order chi connectivity index (χ0) is 18.4. The Morgan fingerprint density at radius 2 is 1.48 bits per heavy atom. The molecule has 0 N–H and O–H groups in total. The van der Waals surface area contributed by atoms with Gasteiger partial charge in [0.2, 0.25) is 0 Å². The third kappa shape index (κ3) is 2.21. The second-order valence-electron chi connectivity index (χ2n) is 7.29. The highest BCUT2D eigenvalue weighted by atomic mass is 16.5. The van der Waals surface area contributed by atoms with Crippen molar-refractivity contribution in [3.63, 3.8) is 0 Å². The smallest absolute Gasteiger partial charge is 0.326 e. The number of Topliss-reactive ketones (excluding diaryl/α,β-unsaturated/α-hetero) is 1. The highest BCUT2D eigenvalue weighted by Crippen LogP contribution is 2.66. The van der Waals surface area contributed by atoms with Gasteiger partial charge in [-0.25, -0.2) is 0 Å². The molecule has 1 heterocycles. The molecule has 1 aliphatic carbocycles. The Morgan fingerprint density at radius 1 is 0.852 bits per heavy atom. The van der Waals surface area contributed by atoms with Crippen LogP contribution in [-0.2, 0) is 4.79 Å². The number of carbonyl (C=O) groups excluding carboxylic acids is 2. The molecule has 0 saturated heterocycles. The summed E-state index contributed by atoms with van der Waals surface area (Å²) in [4.78, 5) is 26.6. The Balaban J connectivity index is 1.66. The second-order valence-corrected chi connectivity index (χ2v) is 7.29. The number of ether oxygens (including phenoxy) is 1. The Kier molecular flexibility index (Phi) is 3.51. The van der Waals surface area contributed by atoms with Crippen LogP contribution in [0.4, 0.5) is 0 Å². The van der Waals surface area contributed by atoms with Crippen molar-refractivity contribution in [1.82, 2.24) is 0 Å². The van der Waals surface area contributed by atoms with Crippen LogP contribution >= 0.6 is 0 Å². The minimum Gasteiger partial charge on any atom is -0.425 e. The van der Waals surface area contributed by atoms with E-state index in [0.29, 0.717) is 17.7 Å². The third-order valence-corrected chi connectivity index (χ3v) is 5.97. The van der Waals surface area contributed by atoms with Crippen LogP contribution in [-0.4, -0.2) is 11.8 Å². The maximum Gasteiger partial charge on any atom is 0.326 e. The molecule has 132 valence electrons. The summed E-state index contributed by atoms with van der Waals surface area (Å²) in [5.41, 5.74) is 1.52. The zero-order valence-corrected chi connectivity index (χ0v) is 14.7. The molecule has 3 nitrogen and oxygen atoms in total. The van der Waals surface area contributed by atoms with E-state index in [0.717, 1.165) is 11.1 Å². The predicted molar refractivity (Wildman–Crippen MR) is 102 cm³/mol. The van der Waals surface area contributed by atoms with Gasteiger partial charge in [-0.2, -0.15) is 0 Å². The monoisotopic (exact) mass is 354 g/mol. The maximum absolute atomic E-state index is 13.5. The van der Waals surface area contributed by atoms with E-state index >= 15 is 0 Å². The van der Waals surface area contributed by atoms with E-state index in [2.05, 4.69) is 12.1 Å². The molecule has 0 unspecified atom stereocenters. The van der Waals surface area contributed by atoms with E-state index in [9.17, 15) is 9.59 Å². The summed E-state index contributed by atoms with van der Waals surface area (Å²) < 4.78 is 5.64. The standard InChI is InChI=1S/C24H18O3/c25-22(17-11-5-2-6-12-17)24-15-19(16-9-3-1-4-10-16)21(24)18-13-7-8-14-20(18)27-23(24)26/h1-14,19,21H,15H2/t19-,21-,24+/m0/s1. The first-order valence-corrected chi connectivity index (χ1v) is 9.18. The predicted octanol–water partition coefficient (Wildman–Crippen LogP) is 4.75. The van der Waals surface area contributed by atoms with Gasteiger partial charge in [-0.15, -0.1) is 0 Å². The fourth-order valence-electron chi connectivity index (χ4n) is 4.67. The lowest BCUT2D eigenvalue weighted by molar-refractivity contribution is -0.153. The van der Waals surface area contributed by atoms with E-state index in [-0.39, 0.29) is 17.6 Å². The molecule has 5 rings (SSSR count). The minimum atomic E-state index is -1.14. The van der Waals surface area contributed by atoms with Gasteiger partial charge in [0.1, 0.15) is 11.2 Å². The van der Waals surface area contributed by atoms with Gasteiger partial charge in [0.05, 0.1) is 0 Å². The van der Waals surface area contributed by atoms with Gasteiger partial charge in [0.15, 0.2) is 5.78 Å². The van der Waals surface area contributed by atoms with E-state index in [1.54, 1.807) is 12.1 Å². The topological polar surface area (TPSA) is 43.4 Å². The molecule has 27 heavy (non-hydrogen) atoms. The van der Waals surface area contributed by atoms with Crippen LogP contribution in [0.2, 0.25) is 0 Å². The molecular formula is C24H18O3. The maximum atomic E-state index is 13.5. The van der Waals surface area contributed by atoms with Crippen molar-refractivity contribution in [2.24, 2.45) is 5.41 Å². The number of carbonyl (C=O) groups is 2. The number of benzene rings is 3. The fourth-order valence-corrected chi connectivity index (χ4v) is 4.67. The van der Waals surface area contributed by atoms with Gasteiger partial charge in [-0.3, -0.25) is 9.59 Å². The average molecular weight is 354 g/mol. The molecule has 1 saturated carbocycles. The van der Waals surface area contributed by atoms with Crippen LogP contribution in [0.15, 0.2) is 84.9 Å². The second kappa shape index (κ2) is 5.92. The number of fused-ring (bicyclic) bond motifs is 3. The van der Waals surface area contributed by atoms with Crippen LogP contribution < -0.4 is 4.74 Å². The number of hydrogen-bond donors (Lipinski definition) is 0.